The molecule has 0 saturated carbocycles. The van der Waals surface area contributed by atoms with Gasteiger partial charge in [0, 0.05) is 16.7 Å². The first-order valence-corrected chi connectivity index (χ1v) is 8.92. The van der Waals surface area contributed by atoms with Gasteiger partial charge in [0.1, 0.15) is 17.2 Å². The monoisotopic (exact) mass is 380 g/mol. The Kier molecular flexibility index (Phi) is 6.54. The minimum atomic E-state index is 0.680. The van der Waals surface area contributed by atoms with Gasteiger partial charge in [0.2, 0.25) is 0 Å². The molecule has 0 spiro atoms. The second-order valence-corrected chi connectivity index (χ2v) is 5.86. The molecule has 3 aromatic rings. The SMILES string of the molecule is C=COc1ccc(C#Cc2ccc(-c3ccc(OC=C)cc3)c(OC=C)c2)cc1. The second kappa shape index (κ2) is 9.68. The van der Waals surface area contributed by atoms with Crippen LogP contribution in [0.4, 0.5) is 0 Å². The normalized spacial score (nSPS) is 9.52. The van der Waals surface area contributed by atoms with Gasteiger partial charge in [-0.3, -0.25) is 0 Å². The molecule has 3 nitrogen and oxygen atoms in total. The highest BCUT2D eigenvalue weighted by molar-refractivity contribution is 5.72. The van der Waals surface area contributed by atoms with Crippen molar-refractivity contribution in [2.45, 2.75) is 0 Å². The Morgan fingerprint density at radius 1 is 0.586 bits per heavy atom. The van der Waals surface area contributed by atoms with Crippen molar-refractivity contribution in [1.82, 2.24) is 0 Å². The van der Waals surface area contributed by atoms with Crippen LogP contribution >= 0.6 is 0 Å². The van der Waals surface area contributed by atoms with Crippen LogP contribution in [0.25, 0.3) is 11.1 Å². The topological polar surface area (TPSA) is 27.7 Å². The minimum absolute atomic E-state index is 0.680. The largest absolute Gasteiger partial charge is 0.466 e. The fraction of sp³-hybridized carbons (Fsp3) is 0. The molecule has 0 N–H and O–H groups in total. The molecule has 0 aliphatic rings. The highest BCUT2D eigenvalue weighted by atomic mass is 16.5. The van der Waals surface area contributed by atoms with Gasteiger partial charge in [-0.2, -0.15) is 0 Å². The summed E-state index contributed by atoms with van der Waals surface area (Å²) in [6.07, 6.45) is 4.20. The van der Waals surface area contributed by atoms with Crippen LogP contribution in [0.3, 0.4) is 0 Å². The maximum atomic E-state index is 5.63. The molecule has 0 aliphatic carbocycles. The van der Waals surface area contributed by atoms with E-state index in [0.29, 0.717) is 5.75 Å². The van der Waals surface area contributed by atoms with Crippen molar-refractivity contribution in [3.8, 4) is 40.2 Å². The Balaban J connectivity index is 1.87. The van der Waals surface area contributed by atoms with E-state index in [1.807, 2.05) is 66.7 Å². The maximum absolute atomic E-state index is 5.63. The van der Waals surface area contributed by atoms with Crippen LogP contribution in [0.15, 0.2) is 105 Å². The van der Waals surface area contributed by atoms with Gasteiger partial charge < -0.3 is 14.2 Å². The van der Waals surface area contributed by atoms with Crippen molar-refractivity contribution in [1.29, 1.82) is 0 Å². The van der Waals surface area contributed by atoms with E-state index in [0.717, 1.165) is 33.8 Å². The third kappa shape index (κ3) is 5.18. The van der Waals surface area contributed by atoms with Crippen molar-refractivity contribution in [3.63, 3.8) is 0 Å². The summed E-state index contributed by atoms with van der Waals surface area (Å²) < 4.78 is 16.1. The molecule has 3 aromatic carbocycles. The molecule has 0 aliphatic heterocycles. The van der Waals surface area contributed by atoms with Crippen molar-refractivity contribution in [3.05, 3.63) is 116 Å². The van der Waals surface area contributed by atoms with Crippen molar-refractivity contribution in [2.75, 3.05) is 0 Å². The average Bonchev–Trinajstić information content (AvgIpc) is 2.75. The van der Waals surface area contributed by atoms with E-state index in [4.69, 9.17) is 14.2 Å². The smallest absolute Gasteiger partial charge is 0.135 e. The predicted octanol–water partition coefficient (Wildman–Crippen LogP) is 6.32. The molecular formula is C26H20O3. The Morgan fingerprint density at radius 3 is 1.69 bits per heavy atom. The zero-order chi connectivity index (χ0) is 20.5. The fourth-order valence-electron chi connectivity index (χ4n) is 2.69. The highest BCUT2D eigenvalue weighted by Gasteiger charge is 2.07. The van der Waals surface area contributed by atoms with Crippen LogP contribution in [0.2, 0.25) is 0 Å². The van der Waals surface area contributed by atoms with Crippen molar-refractivity contribution >= 4 is 0 Å². The molecule has 142 valence electrons. The lowest BCUT2D eigenvalue weighted by Gasteiger charge is -2.10. The van der Waals surface area contributed by atoms with Crippen molar-refractivity contribution in [2.24, 2.45) is 0 Å². The molecule has 0 unspecified atom stereocenters. The molecule has 0 saturated heterocycles. The molecule has 0 atom stereocenters. The first-order chi connectivity index (χ1) is 14.2. The van der Waals surface area contributed by atoms with Crippen LogP contribution < -0.4 is 14.2 Å². The lowest BCUT2D eigenvalue weighted by atomic mass is 10.0. The van der Waals surface area contributed by atoms with Gasteiger partial charge in [0.25, 0.3) is 0 Å². The number of ether oxygens (including phenoxy) is 3. The van der Waals surface area contributed by atoms with Crippen LogP contribution in [-0.4, -0.2) is 0 Å². The quantitative estimate of drug-likeness (QED) is 0.355. The van der Waals surface area contributed by atoms with Crippen LogP contribution in [0, 0.1) is 11.8 Å². The maximum Gasteiger partial charge on any atom is 0.135 e. The van der Waals surface area contributed by atoms with Gasteiger partial charge in [-0.25, -0.2) is 0 Å². The van der Waals surface area contributed by atoms with Crippen molar-refractivity contribution < 1.29 is 14.2 Å². The van der Waals surface area contributed by atoms with Gasteiger partial charge in [-0.05, 0) is 60.2 Å². The summed E-state index contributed by atoms with van der Waals surface area (Å²) in [5, 5.41) is 0. The summed E-state index contributed by atoms with van der Waals surface area (Å²) in [6.45, 7) is 10.8. The summed E-state index contributed by atoms with van der Waals surface area (Å²) in [4.78, 5) is 0. The molecule has 0 fully saturated rings. The van der Waals surface area contributed by atoms with E-state index in [-0.39, 0.29) is 0 Å². The van der Waals surface area contributed by atoms with Crippen LogP contribution in [0.1, 0.15) is 11.1 Å². The molecular weight excluding hydrogens is 360 g/mol. The summed E-state index contributed by atoms with van der Waals surface area (Å²) >= 11 is 0. The molecule has 0 heterocycles. The van der Waals surface area contributed by atoms with E-state index in [9.17, 15) is 0 Å². The number of hydrogen-bond donors (Lipinski definition) is 0. The first-order valence-electron chi connectivity index (χ1n) is 8.92. The Morgan fingerprint density at radius 2 is 1.10 bits per heavy atom. The zero-order valence-electron chi connectivity index (χ0n) is 15.9. The standard InChI is InChI=1S/C26H20O3/c1-4-27-23-14-9-20(10-15-23)7-8-21-11-18-25(26(19-21)29-6-3)22-12-16-24(17-13-22)28-5-2/h4-6,9-19H,1-3H2. The van der Waals surface area contributed by atoms with Gasteiger partial charge in [0.15, 0.2) is 0 Å². The van der Waals surface area contributed by atoms with Gasteiger partial charge in [-0.15, -0.1) is 0 Å². The predicted molar refractivity (Wildman–Crippen MR) is 117 cm³/mol. The summed E-state index contributed by atoms with van der Waals surface area (Å²) in [6, 6.07) is 21.0. The molecule has 0 amide bonds. The van der Waals surface area contributed by atoms with E-state index < -0.39 is 0 Å². The van der Waals surface area contributed by atoms with Crippen LogP contribution in [-0.2, 0) is 0 Å². The summed E-state index contributed by atoms with van der Waals surface area (Å²) in [5.41, 5.74) is 3.65. The molecule has 29 heavy (non-hydrogen) atoms. The molecule has 3 heteroatoms. The second-order valence-electron chi connectivity index (χ2n) is 5.86. The van der Waals surface area contributed by atoms with Gasteiger partial charge in [-0.1, -0.05) is 43.7 Å². The van der Waals surface area contributed by atoms with E-state index >= 15 is 0 Å². The zero-order valence-corrected chi connectivity index (χ0v) is 15.9. The number of rotatable bonds is 7. The Bertz CT molecular complexity index is 1070. The van der Waals surface area contributed by atoms with Gasteiger partial charge >= 0.3 is 0 Å². The molecule has 0 radical (unpaired) electrons. The Hall–Kier alpha value is -4.16. The molecule has 0 bridgehead atoms. The average molecular weight is 380 g/mol. The number of benzene rings is 3. The third-order valence-electron chi connectivity index (χ3n) is 4.00. The fourth-order valence-corrected chi connectivity index (χ4v) is 2.69. The first kappa shape index (κ1) is 19.6. The number of hydrogen-bond acceptors (Lipinski definition) is 3. The lowest BCUT2D eigenvalue weighted by Crippen LogP contribution is -1.89. The lowest BCUT2D eigenvalue weighted by molar-refractivity contribution is 0.482. The van der Waals surface area contributed by atoms with E-state index in [1.165, 1.54) is 18.8 Å². The summed E-state index contributed by atoms with van der Waals surface area (Å²) in [7, 11) is 0. The third-order valence-corrected chi connectivity index (χ3v) is 4.00. The summed E-state index contributed by atoms with van der Waals surface area (Å²) in [5.74, 6) is 8.43. The van der Waals surface area contributed by atoms with E-state index in [1.54, 1.807) is 0 Å². The molecule has 0 aromatic heterocycles. The van der Waals surface area contributed by atoms with Crippen LogP contribution in [0.5, 0.6) is 17.2 Å². The Labute approximate surface area is 171 Å². The molecule has 3 rings (SSSR count). The minimum Gasteiger partial charge on any atom is -0.466 e. The van der Waals surface area contributed by atoms with Gasteiger partial charge in [0.05, 0.1) is 18.8 Å². The van der Waals surface area contributed by atoms with E-state index in [2.05, 4.69) is 31.6 Å². The highest BCUT2D eigenvalue weighted by Crippen LogP contribution is 2.32.